The highest BCUT2D eigenvalue weighted by Gasteiger charge is 2.49. The van der Waals surface area contributed by atoms with Gasteiger partial charge in [-0.15, -0.1) is 0 Å². The van der Waals surface area contributed by atoms with Crippen LogP contribution in [0.3, 0.4) is 0 Å². The van der Waals surface area contributed by atoms with Crippen molar-refractivity contribution in [3.8, 4) is 0 Å². The molecule has 0 aromatic rings. The van der Waals surface area contributed by atoms with E-state index in [2.05, 4.69) is 5.32 Å². The van der Waals surface area contributed by atoms with Crippen LogP contribution in [0.15, 0.2) is 0 Å². The normalized spacial score (nSPS) is 29.1. The molecule has 1 saturated heterocycles. The second-order valence-electron chi connectivity index (χ2n) is 6.27. The Morgan fingerprint density at radius 3 is 2.04 bits per heavy atom. The average molecular weight is 357 g/mol. The van der Waals surface area contributed by atoms with Gasteiger partial charge < -0.3 is 18.9 Å². The van der Waals surface area contributed by atoms with Crippen LogP contribution in [0.25, 0.3) is 0 Å². The van der Waals surface area contributed by atoms with Crippen molar-refractivity contribution >= 4 is 23.8 Å². The molecule has 9 nitrogen and oxygen atoms in total. The third kappa shape index (κ3) is 5.15. The third-order valence-electron chi connectivity index (χ3n) is 4.10. The lowest BCUT2D eigenvalue weighted by atomic mass is 9.84. The van der Waals surface area contributed by atoms with E-state index in [1.54, 1.807) is 0 Å². The van der Waals surface area contributed by atoms with Gasteiger partial charge in [0.25, 0.3) is 0 Å². The Morgan fingerprint density at radius 1 is 0.960 bits per heavy atom. The first-order valence-electron chi connectivity index (χ1n) is 8.21. The zero-order chi connectivity index (χ0) is 18.6. The minimum Gasteiger partial charge on any atom is -0.458 e. The molecular formula is C16H23NO8. The van der Waals surface area contributed by atoms with Gasteiger partial charge in [0.2, 0.25) is 5.91 Å². The van der Waals surface area contributed by atoms with E-state index in [4.69, 9.17) is 18.9 Å². The van der Waals surface area contributed by atoms with Gasteiger partial charge in [-0.25, -0.2) is 0 Å². The lowest BCUT2D eigenvalue weighted by Crippen LogP contribution is -2.63. The summed E-state index contributed by atoms with van der Waals surface area (Å²) in [5.74, 6) is -4.03. The Morgan fingerprint density at radius 2 is 1.56 bits per heavy atom. The van der Waals surface area contributed by atoms with Crippen LogP contribution in [0.4, 0.5) is 0 Å². The van der Waals surface area contributed by atoms with E-state index in [-0.39, 0.29) is 24.9 Å². The van der Waals surface area contributed by atoms with Gasteiger partial charge in [-0.2, -0.15) is 0 Å². The molecule has 140 valence electrons. The fraction of sp³-hybridized carbons (Fsp3) is 0.750. The first kappa shape index (κ1) is 19.2. The zero-order valence-electron chi connectivity index (χ0n) is 14.5. The molecule has 0 aromatic heterocycles. The molecule has 2 fully saturated rings. The van der Waals surface area contributed by atoms with Crippen molar-refractivity contribution in [1.29, 1.82) is 0 Å². The maximum atomic E-state index is 12.3. The average Bonchev–Trinajstić information content (AvgIpc) is 2.37. The van der Waals surface area contributed by atoms with Crippen molar-refractivity contribution in [2.75, 3.05) is 6.61 Å². The molecule has 1 aliphatic carbocycles. The van der Waals surface area contributed by atoms with Crippen LogP contribution in [0, 0.1) is 5.92 Å². The van der Waals surface area contributed by atoms with E-state index in [0.29, 0.717) is 0 Å². The fourth-order valence-corrected chi connectivity index (χ4v) is 2.81. The standard InChI is InChI=1S/C16H23NO8/c1-9(18)23-13-7-16(25-11(3)20,17-15(21)12-5-4-6-12)22-8-14(13)24-10(2)19/h12-14H,4-8H2,1-3H3,(H,17,21). The molecule has 1 aliphatic heterocycles. The van der Waals surface area contributed by atoms with E-state index in [0.717, 1.165) is 19.3 Å². The van der Waals surface area contributed by atoms with Gasteiger partial charge in [-0.3, -0.25) is 24.5 Å². The molecule has 1 amide bonds. The van der Waals surface area contributed by atoms with Crippen molar-refractivity contribution in [2.24, 2.45) is 5.92 Å². The second-order valence-corrected chi connectivity index (χ2v) is 6.27. The van der Waals surface area contributed by atoms with E-state index in [1.807, 2.05) is 0 Å². The highest BCUT2D eigenvalue weighted by molar-refractivity contribution is 5.80. The third-order valence-corrected chi connectivity index (χ3v) is 4.10. The fourth-order valence-electron chi connectivity index (χ4n) is 2.81. The molecule has 9 heteroatoms. The van der Waals surface area contributed by atoms with Crippen molar-refractivity contribution in [3.05, 3.63) is 0 Å². The molecule has 3 atom stereocenters. The minimum atomic E-state index is -1.75. The van der Waals surface area contributed by atoms with E-state index in [1.165, 1.54) is 20.8 Å². The van der Waals surface area contributed by atoms with E-state index >= 15 is 0 Å². The first-order valence-corrected chi connectivity index (χ1v) is 8.21. The van der Waals surface area contributed by atoms with Gasteiger partial charge in [0, 0.05) is 26.7 Å². The van der Waals surface area contributed by atoms with Crippen LogP contribution < -0.4 is 5.32 Å². The van der Waals surface area contributed by atoms with Crippen LogP contribution in [0.2, 0.25) is 0 Å². The molecule has 2 aliphatic rings. The number of carbonyl (C=O) groups is 4. The van der Waals surface area contributed by atoms with Gasteiger partial charge in [0.15, 0.2) is 6.10 Å². The van der Waals surface area contributed by atoms with E-state index in [9.17, 15) is 19.2 Å². The van der Waals surface area contributed by atoms with Crippen LogP contribution >= 0.6 is 0 Å². The molecule has 1 heterocycles. The SMILES string of the molecule is CC(=O)OC1COC(NC(=O)C2CCC2)(OC(C)=O)CC1OC(C)=O. The summed E-state index contributed by atoms with van der Waals surface area (Å²) in [4.78, 5) is 46.4. The molecule has 1 N–H and O–H groups in total. The van der Waals surface area contributed by atoms with Gasteiger partial charge in [0.1, 0.15) is 6.10 Å². The quantitative estimate of drug-likeness (QED) is 0.427. The molecule has 25 heavy (non-hydrogen) atoms. The number of hydrogen-bond donors (Lipinski definition) is 1. The second kappa shape index (κ2) is 7.81. The predicted octanol–water partition coefficient (Wildman–Crippen LogP) is 0.403. The number of ether oxygens (including phenoxy) is 4. The molecule has 0 radical (unpaired) electrons. The first-order chi connectivity index (χ1) is 11.7. The Bertz CT molecular complexity index is 558. The molecular weight excluding hydrogens is 334 g/mol. The van der Waals surface area contributed by atoms with Gasteiger partial charge >= 0.3 is 23.8 Å². The Labute approximate surface area is 145 Å². The number of nitrogens with one attached hydrogen (secondary N) is 1. The molecule has 1 saturated carbocycles. The largest absolute Gasteiger partial charge is 0.458 e. The molecule has 3 unspecified atom stereocenters. The zero-order valence-corrected chi connectivity index (χ0v) is 14.5. The maximum Gasteiger partial charge on any atom is 0.306 e. The summed E-state index contributed by atoms with van der Waals surface area (Å²) in [6.45, 7) is 3.41. The topological polar surface area (TPSA) is 117 Å². The summed E-state index contributed by atoms with van der Waals surface area (Å²) in [7, 11) is 0. The molecule has 0 bridgehead atoms. The van der Waals surface area contributed by atoms with Crippen LogP contribution in [-0.2, 0) is 38.1 Å². The maximum absolute atomic E-state index is 12.3. The van der Waals surface area contributed by atoms with Crippen LogP contribution in [0.5, 0.6) is 0 Å². The number of esters is 3. The number of hydrogen-bond acceptors (Lipinski definition) is 8. The number of carbonyl (C=O) groups excluding carboxylic acids is 4. The monoisotopic (exact) mass is 357 g/mol. The van der Waals surface area contributed by atoms with Crippen molar-refractivity contribution in [2.45, 2.75) is 64.6 Å². The van der Waals surface area contributed by atoms with Crippen molar-refractivity contribution in [3.63, 3.8) is 0 Å². The molecule has 0 spiro atoms. The summed E-state index contributed by atoms with van der Waals surface area (Å²) >= 11 is 0. The van der Waals surface area contributed by atoms with Crippen molar-refractivity contribution < 1.29 is 38.1 Å². The van der Waals surface area contributed by atoms with Crippen molar-refractivity contribution in [1.82, 2.24) is 5.32 Å². The Balaban J connectivity index is 2.16. The smallest absolute Gasteiger partial charge is 0.306 e. The van der Waals surface area contributed by atoms with Gasteiger partial charge in [-0.1, -0.05) is 6.42 Å². The number of amides is 1. The lowest BCUT2D eigenvalue weighted by Gasteiger charge is -2.43. The molecule has 0 aromatic carbocycles. The minimum absolute atomic E-state index is 0.158. The van der Waals surface area contributed by atoms with E-state index < -0.39 is 36.0 Å². The summed E-state index contributed by atoms with van der Waals surface area (Å²) in [5.41, 5.74) is 0. The highest BCUT2D eigenvalue weighted by Crippen LogP contribution is 2.32. The van der Waals surface area contributed by atoms with Crippen LogP contribution in [-0.4, -0.2) is 48.5 Å². The Kier molecular flexibility index (Phi) is 5.99. The van der Waals surface area contributed by atoms with Crippen LogP contribution in [0.1, 0.15) is 46.5 Å². The number of rotatable bonds is 5. The van der Waals surface area contributed by atoms with Gasteiger partial charge in [-0.05, 0) is 12.8 Å². The van der Waals surface area contributed by atoms with Gasteiger partial charge in [0.05, 0.1) is 13.0 Å². The predicted molar refractivity (Wildman–Crippen MR) is 81.7 cm³/mol. The molecule has 2 rings (SSSR count). The highest BCUT2D eigenvalue weighted by atomic mass is 16.7. The summed E-state index contributed by atoms with van der Waals surface area (Å²) in [6.07, 6.45) is 0.519. The lowest BCUT2D eigenvalue weighted by molar-refractivity contribution is -0.294. The summed E-state index contributed by atoms with van der Waals surface area (Å²) in [5, 5.41) is 2.61. The summed E-state index contributed by atoms with van der Waals surface area (Å²) < 4.78 is 21.0. The summed E-state index contributed by atoms with van der Waals surface area (Å²) in [6, 6.07) is 0. The Hall–Kier alpha value is -2.16.